The van der Waals surface area contributed by atoms with Gasteiger partial charge in [0, 0.05) is 13.5 Å². The molecule has 9 nitrogen and oxygen atoms in total. The normalized spacial score (nSPS) is 16.4. The van der Waals surface area contributed by atoms with E-state index in [-0.39, 0.29) is 19.4 Å². The summed E-state index contributed by atoms with van der Waals surface area (Å²) in [5.41, 5.74) is 5.35. The number of ether oxygens (including phenoxy) is 1. The van der Waals surface area contributed by atoms with Gasteiger partial charge in [-0.25, -0.2) is 4.79 Å². The number of unbranched alkanes of at least 4 members (excludes halogenated alkanes) is 1. The maximum Gasteiger partial charge on any atom is 0.351 e. The van der Waals surface area contributed by atoms with Crippen LogP contribution < -0.4 is 11.1 Å². The van der Waals surface area contributed by atoms with Gasteiger partial charge in [-0.15, -0.1) is 0 Å². The van der Waals surface area contributed by atoms with E-state index >= 15 is 0 Å². The average Bonchev–Trinajstić information content (AvgIpc) is 2.49. The molecule has 0 rings (SSSR count). The number of carbonyl (C=O) groups excluding carboxylic acids is 1. The minimum atomic E-state index is -4.39. The molecule has 0 aromatic carbocycles. The second-order valence-electron chi connectivity index (χ2n) is 5.78. The molecule has 1 amide bonds. The van der Waals surface area contributed by atoms with Crippen LogP contribution in [0.15, 0.2) is 0 Å². The van der Waals surface area contributed by atoms with Gasteiger partial charge in [-0.05, 0) is 31.7 Å². The van der Waals surface area contributed by atoms with Crippen molar-refractivity contribution in [1.29, 1.82) is 0 Å². The number of methoxy groups -OCH3 is 1. The third kappa shape index (κ3) is 8.75. The number of carboxylic acid groups (broad SMARTS) is 1. The summed E-state index contributed by atoms with van der Waals surface area (Å²) in [6, 6.07) is 0. The van der Waals surface area contributed by atoms with Crippen molar-refractivity contribution in [1.82, 2.24) is 5.32 Å². The van der Waals surface area contributed by atoms with Crippen LogP contribution in [0.5, 0.6) is 0 Å². The highest BCUT2D eigenvalue weighted by atomic mass is 31.2. The highest BCUT2D eigenvalue weighted by Crippen LogP contribution is 2.50. The number of carbonyl (C=O) groups is 2. The van der Waals surface area contributed by atoms with Crippen LogP contribution in [-0.2, 0) is 23.4 Å². The van der Waals surface area contributed by atoms with Crippen molar-refractivity contribution >= 4 is 19.5 Å². The fraction of sp³-hybridized carbons (Fsp3) is 0.857. The summed E-state index contributed by atoms with van der Waals surface area (Å²) in [5.74, 6) is -3.41. The Labute approximate surface area is 142 Å². The van der Waals surface area contributed by atoms with E-state index in [1.807, 2.05) is 0 Å². The summed E-state index contributed by atoms with van der Waals surface area (Å²) in [7, 11) is -2.95. The molecule has 0 radical (unpaired) electrons. The largest absolute Gasteiger partial charge is 0.479 e. The molecule has 0 aromatic heterocycles. The van der Waals surface area contributed by atoms with E-state index in [1.165, 1.54) is 7.11 Å². The van der Waals surface area contributed by atoms with E-state index in [4.69, 9.17) is 20.1 Å². The molecule has 0 aliphatic heterocycles. The summed E-state index contributed by atoms with van der Waals surface area (Å²) in [6.07, 6.45) is -0.285. The predicted octanol–water partition coefficient (Wildman–Crippen LogP) is 0.905. The lowest BCUT2D eigenvalue weighted by atomic mass is 10.1. The van der Waals surface area contributed by atoms with Gasteiger partial charge in [0.2, 0.25) is 5.91 Å². The highest BCUT2D eigenvalue weighted by Gasteiger charge is 2.40. The van der Waals surface area contributed by atoms with Crippen LogP contribution in [-0.4, -0.2) is 54.0 Å². The average molecular weight is 368 g/mol. The zero-order valence-electron chi connectivity index (χ0n) is 14.4. The molecule has 24 heavy (non-hydrogen) atoms. The Hall–Kier alpha value is -0.990. The first-order valence-corrected chi connectivity index (χ1v) is 9.52. The van der Waals surface area contributed by atoms with Gasteiger partial charge in [0.15, 0.2) is 6.10 Å². The smallest absolute Gasteiger partial charge is 0.351 e. The van der Waals surface area contributed by atoms with Gasteiger partial charge in [0.1, 0.15) is 5.78 Å². The summed E-state index contributed by atoms with van der Waals surface area (Å²) in [5, 5.41) is 11.6. The highest BCUT2D eigenvalue weighted by molar-refractivity contribution is 7.53. The lowest BCUT2D eigenvalue weighted by Crippen LogP contribution is -2.40. The number of nitrogens with two attached hydrogens (primary N) is 1. The SMILES string of the molecule is COCCC(=O)NC(C(C)C)P(=O)(O)O[C@H](CCCCN)C(=O)O. The van der Waals surface area contributed by atoms with Gasteiger partial charge in [0.05, 0.1) is 6.61 Å². The molecule has 0 fully saturated rings. The van der Waals surface area contributed by atoms with Crippen LogP contribution in [0.3, 0.4) is 0 Å². The van der Waals surface area contributed by atoms with E-state index in [9.17, 15) is 19.0 Å². The summed E-state index contributed by atoms with van der Waals surface area (Å²) in [6.45, 7) is 3.84. The lowest BCUT2D eigenvalue weighted by molar-refractivity contribution is -0.145. The number of hydrogen-bond donors (Lipinski definition) is 4. The lowest BCUT2D eigenvalue weighted by Gasteiger charge is -2.28. The third-order valence-electron chi connectivity index (χ3n) is 3.30. The zero-order chi connectivity index (χ0) is 18.8. The van der Waals surface area contributed by atoms with E-state index in [2.05, 4.69) is 5.32 Å². The second-order valence-corrected chi connectivity index (χ2v) is 7.68. The first-order chi connectivity index (χ1) is 11.2. The molecular weight excluding hydrogens is 339 g/mol. The topological polar surface area (TPSA) is 148 Å². The molecule has 0 heterocycles. The van der Waals surface area contributed by atoms with Crippen LogP contribution in [0.4, 0.5) is 0 Å². The van der Waals surface area contributed by atoms with Gasteiger partial charge in [-0.3, -0.25) is 13.9 Å². The molecule has 0 spiro atoms. The Kier molecular flexibility index (Phi) is 11.1. The Morgan fingerprint density at radius 1 is 1.29 bits per heavy atom. The molecule has 10 heteroatoms. The van der Waals surface area contributed by atoms with Gasteiger partial charge in [0.25, 0.3) is 0 Å². The monoisotopic (exact) mass is 368 g/mol. The van der Waals surface area contributed by atoms with Crippen molar-refractivity contribution in [3.8, 4) is 0 Å². The molecule has 0 aromatic rings. The van der Waals surface area contributed by atoms with Crippen LogP contribution in [0, 0.1) is 5.92 Å². The Bertz CT molecular complexity index is 445. The molecule has 0 aliphatic carbocycles. The van der Waals surface area contributed by atoms with Gasteiger partial charge in [-0.1, -0.05) is 13.8 Å². The maximum absolute atomic E-state index is 12.5. The quantitative estimate of drug-likeness (QED) is 0.277. The van der Waals surface area contributed by atoms with Crippen LogP contribution in [0.1, 0.15) is 39.5 Å². The van der Waals surface area contributed by atoms with Crippen LogP contribution in [0.2, 0.25) is 0 Å². The summed E-state index contributed by atoms with van der Waals surface area (Å²) < 4.78 is 22.3. The van der Waals surface area contributed by atoms with Crippen molar-refractivity contribution in [2.75, 3.05) is 20.3 Å². The minimum Gasteiger partial charge on any atom is -0.479 e. The fourth-order valence-electron chi connectivity index (χ4n) is 2.00. The standard InChI is InChI=1S/C14H29N2O7P/c1-10(2)13(16-12(17)7-9-22-3)24(20,21)23-11(14(18)19)6-4-5-8-15/h10-11,13H,4-9,15H2,1-3H3,(H,16,17)(H,18,19)(H,20,21)/t11-,13?/m1/s1. The van der Waals surface area contributed by atoms with Crippen LogP contribution in [0.25, 0.3) is 0 Å². The molecule has 3 atom stereocenters. The van der Waals surface area contributed by atoms with Crippen molar-refractivity contribution in [3.05, 3.63) is 0 Å². The molecule has 5 N–H and O–H groups in total. The second kappa shape index (κ2) is 11.5. The van der Waals surface area contributed by atoms with Crippen molar-refractivity contribution in [2.45, 2.75) is 51.4 Å². The maximum atomic E-state index is 12.5. The van der Waals surface area contributed by atoms with E-state index in [0.29, 0.717) is 19.4 Å². The van der Waals surface area contributed by atoms with E-state index in [0.717, 1.165) is 0 Å². The first kappa shape index (κ1) is 23.0. The fourth-order valence-corrected chi connectivity index (χ4v) is 3.75. The van der Waals surface area contributed by atoms with Crippen LogP contribution >= 0.6 is 7.60 Å². The van der Waals surface area contributed by atoms with Crippen molar-refractivity contribution in [3.63, 3.8) is 0 Å². The van der Waals surface area contributed by atoms with Crippen molar-refractivity contribution < 1.29 is 33.4 Å². The summed E-state index contributed by atoms with van der Waals surface area (Å²) >= 11 is 0. The number of aliphatic carboxylic acids is 1. The van der Waals surface area contributed by atoms with E-state index in [1.54, 1.807) is 13.8 Å². The van der Waals surface area contributed by atoms with Crippen molar-refractivity contribution in [2.24, 2.45) is 11.7 Å². The number of hydrogen-bond acceptors (Lipinski definition) is 6. The third-order valence-corrected chi connectivity index (χ3v) is 5.28. The van der Waals surface area contributed by atoms with Gasteiger partial charge >= 0.3 is 13.6 Å². The molecule has 0 bridgehead atoms. The van der Waals surface area contributed by atoms with Gasteiger partial charge in [-0.2, -0.15) is 0 Å². The Morgan fingerprint density at radius 3 is 2.38 bits per heavy atom. The zero-order valence-corrected chi connectivity index (χ0v) is 15.3. The predicted molar refractivity (Wildman–Crippen MR) is 88.5 cm³/mol. The molecule has 0 saturated carbocycles. The molecule has 142 valence electrons. The van der Waals surface area contributed by atoms with E-state index < -0.39 is 37.3 Å². The summed E-state index contributed by atoms with van der Waals surface area (Å²) in [4.78, 5) is 33.2. The Morgan fingerprint density at radius 2 is 1.92 bits per heavy atom. The van der Waals surface area contributed by atoms with Gasteiger partial charge < -0.3 is 25.8 Å². The molecule has 0 aliphatic rings. The number of nitrogens with one attached hydrogen (secondary N) is 1. The first-order valence-electron chi connectivity index (χ1n) is 7.87. The molecule has 2 unspecified atom stereocenters. The minimum absolute atomic E-state index is 0.0264. The number of rotatable bonds is 13. The number of carboxylic acids is 1. The number of amides is 1. The Balaban J connectivity index is 4.98. The molecular formula is C14H29N2O7P. The molecule has 0 saturated heterocycles.